The lowest BCUT2D eigenvalue weighted by molar-refractivity contribution is 0.177. The molecule has 0 aliphatic carbocycles. The summed E-state index contributed by atoms with van der Waals surface area (Å²) in [6.45, 7) is 11.3. The number of rotatable bonds is 5. The maximum Gasteiger partial charge on any atom is 0.231 e. The first-order valence-corrected chi connectivity index (χ1v) is 8.74. The third kappa shape index (κ3) is 5.16. The highest BCUT2D eigenvalue weighted by Crippen LogP contribution is 2.26. The Hall–Kier alpha value is -1.69. The second-order valence-corrected chi connectivity index (χ2v) is 6.26. The van der Waals surface area contributed by atoms with Crippen LogP contribution in [0.2, 0.25) is 0 Å². The number of aromatic amines is 1. The first-order valence-electron chi connectivity index (χ1n) is 8.74. The molecule has 2 aromatic rings. The number of H-pyrrole nitrogens is 1. The zero-order chi connectivity index (χ0) is 16.7. The molecule has 0 amide bonds. The summed E-state index contributed by atoms with van der Waals surface area (Å²) in [7, 11) is 0. The van der Waals surface area contributed by atoms with E-state index in [1.807, 2.05) is 20.0 Å². The first-order chi connectivity index (χ1) is 11.2. The molecule has 1 fully saturated rings. The Morgan fingerprint density at radius 2 is 2.22 bits per heavy atom. The molecule has 0 saturated carbocycles. The van der Waals surface area contributed by atoms with Crippen LogP contribution in [0.25, 0.3) is 0 Å². The largest absolute Gasteiger partial charge is 0.348 e. The fourth-order valence-corrected chi connectivity index (χ4v) is 2.88. The van der Waals surface area contributed by atoms with E-state index >= 15 is 0 Å². The van der Waals surface area contributed by atoms with Crippen LogP contribution in [0.15, 0.2) is 16.9 Å². The summed E-state index contributed by atoms with van der Waals surface area (Å²) in [4.78, 5) is 14.4. The van der Waals surface area contributed by atoms with Crippen LogP contribution in [0.1, 0.15) is 64.0 Å². The molecule has 2 aromatic heterocycles. The molecule has 3 heterocycles. The number of hydrogen-bond donors (Lipinski definition) is 1. The van der Waals surface area contributed by atoms with E-state index in [1.54, 1.807) is 6.20 Å². The second-order valence-electron chi connectivity index (χ2n) is 6.26. The van der Waals surface area contributed by atoms with Gasteiger partial charge in [-0.3, -0.25) is 4.90 Å². The molecule has 0 spiro atoms. The summed E-state index contributed by atoms with van der Waals surface area (Å²) >= 11 is 0. The van der Waals surface area contributed by atoms with Crippen LogP contribution in [-0.4, -0.2) is 38.1 Å². The maximum absolute atomic E-state index is 5.48. The molecule has 0 aromatic carbocycles. The lowest BCUT2D eigenvalue weighted by atomic mass is 9.98. The van der Waals surface area contributed by atoms with Crippen molar-refractivity contribution >= 4 is 0 Å². The van der Waals surface area contributed by atoms with E-state index in [4.69, 9.17) is 4.52 Å². The van der Waals surface area contributed by atoms with Gasteiger partial charge in [-0.15, -0.1) is 0 Å². The van der Waals surface area contributed by atoms with Gasteiger partial charge in [-0.05, 0) is 25.3 Å². The van der Waals surface area contributed by atoms with Gasteiger partial charge in [-0.2, -0.15) is 4.98 Å². The lowest BCUT2D eigenvalue weighted by Gasteiger charge is -2.30. The molecule has 6 nitrogen and oxygen atoms in total. The van der Waals surface area contributed by atoms with E-state index in [0.29, 0.717) is 11.8 Å². The molecule has 1 aliphatic heterocycles. The van der Waals surface area contributed by atoms with Gasteiger partial charge >= 0.3 is 0 Å². The van der Waals surface area contributed by atoms with Crippen LogP contribution in [0.3, 0.4) is 0 Å². The third-order valence-electron chi connectivity index (χ3n) is 3.86. The number of nitrogens with zero attached hydrogens (tertiary/aromatic N) is 4. The zero-order valence-electron chi connectivity index (χ0n) is 14.7. The van der Waals surface area contributed by atoms with Crippen molar-refractivity contribution in [2.45, 2.75) is 59.4 Å². The van der Waals surface area contributed by atoms with Gasteiger partial charge in [0.25, 0.3) is 0 Å². The standard InChI is InChI=1S/C15H23N5O.C2H6/c1-11(2)8-13-18-15(21-19-13)12-4-3-7-20(9-12)10-14-16-5-6-17-14;1-2/h5-6,11-12H,3-4,7-10H2,1-2H3,(H,16,17);1-2H3. The van der Waals surface area contributed by atoms with Crippen LogP contribution in [0.5, 0.6) is 0 Å². The van der Waals surface area contributed by atoms with Crippen LogP contribution in [-0.2, 0) is 13.0 Å². The highest BCUT2D eigenvalue weighted by molar-refractivity contribution is 4.98. The van der Waals surface area contributed by atoms with E-state index in [1.165, 1.54) is 0 Å². The fourth-order valence-electron chi connectivity index (χ4n) is 2.88. The van der Waals surface area contributed by atoms with Crippen molar-refractivity contribution < 1.29 is 4.52 Å². The number of nitrogens with one attached hydrogen (secondary N) is 1. The highest BCUT2D eigenvalue weighted by atomic mass is 16.5. The van der Waals surface area contributed by atoms with Gasteiger partial charge in [0.15, 0.2) is 5.82 Å². The molecule has 3 rings (SSSR count). The van der Waals surface area contributed by atoms with Gasteiger partial charge in [0.1, 0.15) is 5.82 Å². The van der Waals surface area contributed by atoms with Crippen LogP contribution >= 0.6 is 0 Å². The van der Waals surface area contributed by atoms with Crippen LogP contribution < -0.4 is 0 Å². The van der Waals surface area contributed by atoms with E-state index in [0.717, 1.165) is 56.4 Å². The summed E-state index contributed by atoms with van der Waals surface area (Å²) in [5, 5.41) is 4.11. The Bertz CT molecular complexity index is 549. The molecule has 1 saturated heterocycles. The van der Waals surface area contributed by atoms with E-state index in [-0.39, 0.29) is 0 Å². The summed E-state index contributed by atoms with van der Waals surface area (Å²) < 4.78 is 5.48. The van der Waals surface area contributed by atoms with E-state index < -0.39 is 0 Å². The number of aromatic nitrogens is 4. The average Bonchev–Trinajstić information content (AvgIpc) is 3.21. The minimum absolute atomic E-state index is 0.349. The number of hydrogen-bond acceptors (Lipinski definition) is 5. The van der Waals surface area contributed by atoms with E-state index in [9.17, 15) is 0 Å². The Balaban J connectivity index is 0.000000924. The summed E-state index contributed by atoms with van der Waals surface area (Å²) in [6.07, 6.45) is 6.83. The van der Waals surface area contributed by atoms with Gasteiger partial charge in [0.05, 0.1) is 12.5 Å². The Labute approximate surface area is 138 Å². The normalized spacial score (nSPS) is 18.7. The second kappa shape index (κ2) is 8.82. The molecular formula is C17H29N5O. The third-order valence-corrected chi connectivity index (χ3v) is 3.86. The smallest absolute Gasteiger partial charge is 0.231 e. The van der Waals surface area contributed by atoms with Crippen molar-refractivity contribution in [3.05, 3.63) is 29.9 Å². The fraction of sp³-hybridized carbons (Fsp3) is 0.706. The van der Waals surface area contributed by atoms with E-state index in [2.05, 4.69) is 38.9 Å². The minimum Gasteiger partial charge on any atom is -0.348 e. The highest BCUT2D eigenvalue weighted by Gasteiger charge is 2.26. The zero-order valence-corrected chi connectivity index (χ0v) is 14.7. The first kappa shape index (κ1) is 17.7. The molecule has 128 valence electrons. The van der Waals surface area contributed by atoms with Gasteiger partial charge in [-0.1, -0.05) is 32.9 Å². The quantitative estimate of drug-likeness (QED) is 0.914. The van der Waals surface area contributed by atoms with Gasteiger partial charge in [0.2, 0.25) is 5.89 Å². The summed E-state index contributed by atoms with van der Waals surface area (Å²) in [5.41, 5.74) is 0. The molecule has 0 bridgehead atoms. The Morgan fingerprint density at radius 3 is 2.91 bits per heavy atom. The Kier molecular flexibility index (Phi) is 6.77. The minimum atomic E-state index is 0.349. The lowest BCUT2D eigenvalue weighted by Crippen LogP contribution is -2.34. The summed E-state index contributed by atoms with van der Waals surface area (Å²) in [6, 6.07) is 0. The topological polar surface area (TPSA) is 70.8 Å². The van der Waals surface area contributed by atoms with Crippen molar-refractivity contribution in [2.24, 2.45) is 5.92 Å². The van der Waals surface area contributed by atoms with Crippen molar-refractivity contribution in [3.8, 4) is 0 Å². The predicted octanol–water partition coefficient (Wildman–Crippen LogP) is 3.40. The molecule has 0 radical (unpaired) electrons. The van der Waals surface area contributed by atoms with Crippen molar-refractivity contribution in [3.63, 3.8) is 0 Å². The monoisotopic (exact) mass is 319 g/mol. The number of imidazole rings is 1. The van der Waals surface area contributed by atoms with Crippen molar-refractivity contribution in [2.75, 3.05) is 13.1 Å². The Morgan fingerprint density at radius 1 is 1.39 bits per heavy atom. The van der Waals surface area contributed by atoms with Crippen molar-refractivity contribution in [1.29, 1.82) is 0 Å². The van der Waals surface area contributed by atoms with Crippen LogP contribution in [0.4, 0.5) is 0 Å². The molecule has 6 heteroatoms. The average molecular weight is 319 g/mol. The molecule has 1 unspecified atom stereocenters. The van der Waals surface area contributed by atoms with Gasteiger partial charge < -0.3 is 9.51 Å². The van der Waals surface area contributed by atoms with Gasteiger partial charge in [-0.25, -0.2) is 4.98 Å². The van der Waals surface area contributed by atoms with Gasteiger partial charge in [0, 0.05) is 25.4 Å². The molecule has 1 aliphatic rings. The molecular weight excluding hydrogens is 290 g/mol. The number of likely N-dealkylation sites (tertiary alicyclic amines) is 1. The molecule has 23 heavy (non-hydrogen) atoms. The SMILES string of the molecule is CC.CC(C)Cc1noc(C2CCCN(Cc3ncc[nH]3)C2)n1. The number of piperidine rings is 1. The predicted molar refractivity (Wildman–Crippen MR) is 90.0 cm³/mol. The molecule has 1 atom stereocenters. The van der Waals surface area contributed by atoms with Crippen LogP contribution in [0, 0.1) is 5.92 Å². The molecule has 1 N–H and O–H groups in total. The summed E-state index contributed by atoms with van der Waals surface area (Å²) in [5.74, 6) is 3.55. The maximum atomic E-state index is 5.48. The van der Waals surface area contributed by atoms with Crippen molar-refractivity contribution in [1.82, 2.24) is 25.0 Å².